The second-order valence-electron chi connectivity index (χ2n) is 5.32. The molecule has 0 spiro atoms. The minimum absolute atomic E-state index is 0.263. The van der Waals surface area contributed by atoms with Gasteiger partial charge in [0.15, 0.2) is 0 Å². The first-order valence-electron chi connectivity index (χ1n) is 6.62. The lowest BCUT2D eigenvalue weighted by Gasteiger charge is -2.34. The van der Waals surface area contributed by atoms with E-state index in [4.69, 9.17) is 9.52 Å². The van der Waals surface area contributed by atoms with Crippen LogP contribution in [0.3, 0.4) is 0 Å². The number of rotatable bonds is 4. The topological polar surface area (TPSA) is 62.5 Å². The van der Waals surface area contributed by atoms with Crippen LogP contribution in [0.25, 0.3) is 0 Å². The lowest BCUT2D eigenvalue weighted by Crippen LogP contribution is -2.40. The van der Waals surface area contributed by atoms with E-state index in [1.807, 2.05) is 0 Å². The highest BCUT2D eigenvalue weighted by Crippen LogP contribution is 2.29. The Morgan fingerprint density at radius 3 is 3.00 bits per heavy atom. The maximum absolute atomic E-state index is 11.0. The molecule has 1 aromatic heterocycles. The molecule has 0 bridgehead atoms. The van der Waals surface area contributed by atoms with Gasteiger partial charge in [-0.15, -0.1) is 0 Å². The van der Waals surface area contributed by atoms with Gasteiger partial charge < -0.3 is 14.8 Å². The minimum Gasteiger partial charge on any atom is -0.478 e. The number of aromatic carboxylic acids is 1. The SMILES string of the molecule is CC1CCCC(NCc2occc2C(=O)O)C1C. The highest BCUT2D eigenvalue weighted by molar-refractivity contribution is 5.88. The van der Waals surface area contributed by atoms with E-state index in [1.165, 1.54) is 25.2 Å². The molecule has 0 saturated heterocycles. The van der Waals surface area contributed by atoms with Gasteiger partial charge in [0.05, 0.1) is 12.8 Å². The van der Waals surface area contributed by atoms with Crippen molar-refractivity contribution in [2.24, 2.45) is 11.8 Å². The quantitative estimate of drug-likeness (QED) is 0.863. The van der Waals surface area contributed by atoms with Crippen LogP contribution in [0, 0.1) is 11.8 Å². The number of furan rings is 1. The van der Waals surface area contributed by atoms with Gasteiger partial charge in [0.25, 0.3) is 0 Å². The van der Waals surface area contributed by atoms with Gasteiger partial charge in [0, 0.05) is 6.04 Å². The molecule has 0 aromatic carbocycles. The number of nitrogens with one attached hydrogen (secondary N) is 1. The Bertz CT molecular complexity index is 413. The van der Waals surface area contributed by atoms with E-state index in [-0.39, 0.29) is 5.56 Å². The van der Waals surface area contributed by atoms with Gasteiger partial charge in [-0.05, 0) is 24.3 Å². The highest BCUT2D eigenvalue weighted by Gasteiger charge is 2.27. The second kappa shape index (κ2) is 5.57. The maximum atomic E-state index is 11.0. The van der Waals surface area contributed by atoms with Gasteiger partial charge in [0.2, 0.25) is 0 Å². The number of hydrogen-bond donors (Lipinski definition) is 2. The minimum atomic E-state index is -0.925. The van der Waals surface area contributed by atoms with Crippen LogP contribution < -0.4 is 5.32 Å². The molecule has 3 atom stereocenters. The molecule has 2 N–H and O–H groups in total. The molecule has 2 rings (SSSR count). The molecule has 100 valence electrons. The fourth-order valence-electron chi connectivity index (χ4n) is 2.76. The van der Waals surface area contributed by atoms with Crippen molar-refractivity contribution in [2.45, 2.75) is 45.7 Å². The van der Waals surface area contributed by atoms with E-state index in [0.717, 1.165) is 12.3 Å². The zero-order valence-electron chi connectivity index (χ0n) is 11.0. The Labute approximate surface area is 107 Å². The fraction of sp³-hybridized carbons (Fsp3) is 0.643. The van der Waals surface area contributed by atoms with E-state index in [9.17, 15) is 4.79 Å². The number of hydrogen-bond acceptors (Lipinski definition) is 3. The third-order valence-electron chi connectivity index (χ3n) is 4.21. The molecule has 18 heavy (non-hydrogen) atoms. The van der Waals surface area contributed by atoms with Gasteiger partial charge in [-0.25, -0.2) is 4.79 Å². The summed E-state index contributed by atoms with van der Waals surface area (Å²) in [6.45, 7) is 5.05. The van der Waals surface area contributed by atoms with Crippen molar-refractivity contribution in [3.8, 4) is 0 Å². The lowest BCUT2D eigenvalue weighted by atomic mass is 9.78. The molecular weight excluding hydrogens is 230 g/mol. The first-order valence-corrected chi connectivity index (χ1v) is 6.62. The first-order chi connectivity index (χ1) is 8.59. The Kier molecular flexibility index (Phi) is 4.07. The molecule has 4 heteroatoms. The van der Waals surface area contributed by atoms with E-state index in [2.05, 4.69) is 19.2 Å². The van der Waals surface area contributed by atoms with Crippen LogP contribution in [0.5, 0.6) is 0 Å². The smallest absolute Gasteiger partial charge is 0.339 e. The molecule has 1 aliphatic rings. The van der Waals surface area contributed by atoms with Gasteiger partial charge in [0.1, 0.15) is 11.3 Å². The van der Waals surface area contributed by atoms with Crippen molar-refractivity contribution >= 4 is 5.97 Å². The van der Waals surface area contributed by atoms with E-state index in [1.54, 1.807) is 0 Å². The molecule has 0 aliphatic heterocycles. The number of carbonyl (C=O) groups is 1. The molecule has 0 radical (unpaired) electrons. The van der Waals surface area contributed by atoms with Crippen LogP contribution in [-0.2, 0) is 6.54 Å². The molecule has 1 aliphatic carbocycles. The molecule has 1 aromatic rings. The Hall–Kier alpha value is -1.29. The molecule has 3 unspecified atom stereocenters. The van der Waals surface area contributed by atoms with Crippen LogP contribution >= 0.6 is 0 Å². The Morgan fingerprint density at radius 1 is 1.50 bits per heavy atom. The summed E-state index contributed by atoms with van der Waals surface area (Å²) >= 11 is 0. The normalized spacial score (nSPS) is 28.2. The van der Waals surface area contributed by atoms with Crippen molar-refractivity contribution < 1.29 is 14.3 Å². The third kappa shape index (κ3) is 2.75. The van der Waals surface area contributed by atoms with Gasteiger partial charge in [-0.2, -0.15) is 0 Å². The zero-order valence-corrected chi connectivity index (χ0v) is 11.0. The maximum Gasteiger partial charge on any atom is 0.339 e. The Morgan fingerprint density at radius 2 is 2.28 bits per heavy atom. The average Bonchev–Trinajstić information content (AvgIpc) is 2.79. The van der Waals surface area contributed by atoms with E-state index < -0.39 is 5.97 Å². The number of carboxylic acids is 1. The molecule has 1 saturated carbocycles. The largest absolute Gasteiger partial charge is 0.478 e. The summed E-state index contributed by atoms with van der Waals surface area (Å²) in [6, 6.07) is 1.97. The molecular formula is C14H21NO3. The van der Waals surface area contributed by atoms with E-state index >= 15 is 0 Å². The van der Waals surface area contributed by atoms with Crippen molar-refractivity contribution in [2.75, 3.05) is 0 Å². The highest BCUT2D eigenvalue weighted by atomic mass is 16.4. The predicted molar refractivity (Wildman–Crippen MR) is 68.5 cm³/mol. The first kappa shape index (κ1) is 13.1. The summed E-state index contributed by atoms with van der Waals surface area (Å²) in [4.78, 5) is 11.0. The zero-order chi connectivity index (χ0) is 13.1. The Balaban J connectivity index is 1.94. The van der Waals surface area contributed by atoms with Crippen LogP contribution in [-0.4, -0.2) is 17.1 Å². The summed E-state index contributed by atoms with van der Waals surface area (Å²) in [5.74, 6) is 0.951. The summed E-state index contributed by atoms with van der Waals surface area (Å²) in [6.07, 6.45) is 5.13. The molecule has 4 nitrogen and oxygen atoms in total. The van der Waals surface area contributed by atoms with Crippen molar-refractivity contribution in [3.05, 3.63) is 23.7 Å². The average molecular weight is 251 g/mol. The molecule has 1 fully saturated rings. The number of carboxylic acid groups (broad SMARTS) is 1. The van der Waals surface area contributed by atoms with Gasteiger partial charge in [-0.1, -0.05) is 26.7 Å². The fourth-order valence-corrected chi connectivity index (χ4v) is 2.76. The van der Waals surface area contributed by atoms with Crippen molar-refractivity contribution in [3.63, 3.8) is 0 Å². The van der Waals surface area contributed by atoms with Crippen molar-refractivity contribution in [1.82, 2.24) is 5.32 Å². The molecule has 0 amide bonds. The summed E-state index contributed by atoms with van der Waals surface area (Å²) in [5.41, 5.74) is 0.263. The van der Waals surface area contributed by atoms with E-state index in [0.29, 0.717) is 24.3 Å². The standard InChI is InChI=1S/C14H21NO3/c1-9-4-3-5-12(10(9)2)15-8-13-11(14(16)17)6-7-18-13/h6-7,9-10,12,15H,3-5,8H2,1-2H3,(H,16,17). The van der Waals surface area contributed by atoms with Crippen LogP contribution in [0.4, 0.5) is 0 Å². The summed E-state index contributed by atoms with van der Waals surface area (Å²) in [7, 11) is 0. The van der Waals surface area contributed by atoms with Crippen LogP contribution in [0.2, 0.25) is 0 Å². The molecule has 1 heterocycles. The third-order valence-corrected chi connectivity index (χ3v) is 4.21. The van der Waals surface area contributed by atoms with Gasteiger partial charge in [-0.3, -0.25) is 0 Å². The summed E-state index contributed by atoms with van der Waals surface area (Å²) in [5, 5.41) is 12.4. The summed E-state index contributed by atoms with van der Waals surface area (Å²) < 4.78 is 5.24. The van der Waals surface area contributed by atoms with Crippen LogP contribution in [0.15, 0.2) is 16.7 Å². The van der Waals surface area contributed by atoms with Gasteiger partial charge >= 0.3 is 5.97 Å². The lowest BCUT2D eigenvalue weighted by molar-refractivity contribution is 0.0694. The van der Waals surface area contributed by atoms with Crippen LogP contribution in [0.1, 0.15) is 49.2 Å². The monoisotopic (exact) mass is 251 g/mol. The second-order valence-corrected chi connectivity index (χ2v) is 5.32. The van der Waals surface area contributed by atoms with Crippen molar-refractivity contribution in [1.29, 1.82) is 0 Å². The predicted octanol–water partition coefficient (Wildman–Crippen LogP) is 2.89.